The van der Waals surface area contributed by atoms with Crippen LogP contribution >= 0.6 is 0 Å². The van der Waals surface area contributed by atoms with Crippen molar-refractivity contribution >= 4 is 65.2 Å². The zero-order valence-corrected chi connectivity index (χ0v) is 35.7. The molecule has 0 unspecified atom stereocenters. The fraction of sp³-hybridized carbons (Fsp3) is 0. The molecule has 0 aliphatic heterocycles. The summed E-state index contributed by atoms with van der Waals surface area (Å²) in [5.74, 6) is 0. The van der Waals surface area contributed by atoms with Crippen molar-refractivity contribution in [3.63, 3.8) is 0 Å². The minimum absolute atomic E-state index is 0.906. The lowest BCUT2D eigenvalue weighted by Crippen LogP contribution is -1.92. The average molecular weight is 839 g/mol. The Bertz CT molecular complexity index is 3770. The van der Waals surface area contributed by atoms with E-state index in [1.54, 1.807) is 0 Å². The molecule has 0 aliphatic carbocycles. The molecule has 0 fully saturated rings. The summed E-state index contributed by atoms with van der Waals surface area (Å²) in [6, 6.07) is 81.6. The van der Waals surface area contributed by atoms with Gasteiger partial charge in [-0.2, -0.15) is 0 Å². The van der Waals surface area contributed by atoms with Crippen molar-refractivity contribution in [1.29, 1.82) is 0 Å². The largest absolute Gasteiger partial charge is 0.245 e. The maximum atomic E-state index is 5.24. The summed E-state index contributed by atoms with van der Waals surface area (Å²) >= 11 is 0. The van der Waals surface area contributed by atoms with Crippen molar-refractivity contribution in [1.82, 2.24) is 19.9 Å². The molecule has 13 aromatic rings. The zero-order valence-electron chi connectivity index (χ0n) is 35.7. The van der Waals surface area contributed by atoms with Crippen molar-refractivity contribution in [3.05, 3.63) is 231 Å². The first kappa shape index (κ1) is 37.7. The van der Waals surface area contributed by atoms with E-state index in [9.17, 15) is 0 Å². The molecule has 0 saturated carbocycles. The molecule has 4 heteroatoms. The minimum Gasteiger partial charge on any atom is -0.245 e. The van der Waals surface area contributed by atoms with Gasteiger partial charge in [0.15, 0.2) is 0 Å². The fourth-order valence-electron chi connectivity index (χ4n) is 9.60. The molecule has 0 spiro atoms. The first-order valence-corrected chi connectivity index (χ1v) is 22.4. The average Bonchev–Trinajstić information content (AvgIpc) is 3.40. The van der Waals surface area contributed by atoms with E-state index in [0.29, 0.717) is 0 Å². The summed E-state index contributed by atoms with van der Waals surface area (Å²) in [6.45, 7) is 0. The number of fused-ring (bicyclic) bond motifs is 8. The lowest BCUT2D eigenvalue weighted by atomic mass is 9.97. The number of pyridine rings is 4. The van der Waals surface area contributed by atoms with Crippen LogP contribution in [0.25, 0.3) is 132 Å². The van der Waals surface area contributed by atoms with Crippen molar-refractivity contribution in [2.45, 2.75) is 0 Å². The number of nitrogens with zero attached hydrogens (tertiary/aromatic N) is 4. The van der Waals surface area contributed by atoms with E-state index in [-0.39, 0.29) is 0 Å². The van der Waals surface area contributed by atoms with Crippen LogP contribution in [0.1, 0.15) is 0 Å². The second-order valence-electron chi connectivity index (χ2n) is 17.0. The number of hydrogen-bond donors (Lipinski definition) is 0. The monoisotopic (exact) mass is 838 g/mol. The molecule has 13 rings (SSSR count). The van der Waals surface area contributed by atoms with Gasteiger partial charge in [-0.15, -0.1) is 0 Å². The quantitative estimate of drug-likeness (QED) is 0.157. The molecule has 66 heavy (non-hydrogen) atoms. The van der Waals surface area contributed by atoms with E-state index in [0.717, 1.165) is 111 Å². The Hall–Kier alpha value is -8.86. The zero-order chi connectivity index (χ0) is 43.6. The van der Waals surface area contributed by atoms with Crippen molar-refractivity contribution < 1.29 is 0 Å². The summed E-state index contributed by atoms with van der Waals surface area (Å²) in [6.07, 6.45) is 0. The summed E-state index contributed by atoms with van der Waals surface area (Å²) in [7, 11) is 0. The molecule has 4 nitrogen and oxygen atoms in total. The Morgan fingerprint density at radius 3 is 0.939 bits per heavy atom. The third kappa shape index (κ3) is 6.55. The number of hydrogen-bond acceptors (Lipinski definition) is 4. The lowest BCUT2D eigenvalue weighted by molar-refractivity contribution is 1.37. The first-order chi connectivity index (χ1) is 32.7. The summed E-state index contributed by atoms with van der Waals surface area (Å²) in [4.78, 5) is 20.9. The molecular weight excluding hydrogens is 801 g/mol. The Labute approximate surface area is 381 Å². The van der Waals surface area contributed by atoms with Crippen LogP contribution in [-0.4, -0.2) is 19.9 Å². The predicted octanol–water partition coefficient (Wildman–Crippen LogP) is 16.2. The van der Waals surface area contributed by atoms with Crippen LogP contribution in [0.5, 0.6) is 0 Å². The van der Waals surface area contributed by atoms with Crippen LogP contribution in [0.4, 0.5) is 0 Å². The molecule has 0 saturated heterocycles. The van der Waals surface area contributed by atoms with E-state index >= 15 is 0 Å². The van der Waals surface area contributed by atoms with E-state index in [2.05, 4.69) is 231 Å². The minimum atomic E-state index is 0.906. The molecular formula is C62H38N4. The highest BCUT2D eigenvalue weighted by Gasteiger charge is 2.14. The van der Waals surface area contributed by atoms with Gasteiger partial charge in [0.25, 0.3) is 0 Å². The van der Waals surface area contributed by atoms with Gasteiger partial charge in [-0.1, -0.05) is 200 Å². The maximum absolute atomic E-state index is 5.24. The van der Waals surface area contributed by atoms with Gasteiger partial charge >= 0.3 is 0 Å². The second-order valence-corrected chi connectivity index (χ2v) is 17.0. The van der Waals surface area contributed by atoms with Crippen molar-refractivity contribution in [3.8, 4) is 67.3 Å². The fourth-order valence-corrected chi connectivity index (χ4v) is 9.60. The molecule has 0 amide bonds. The second kappa shape index (κ2) is 15.4. The Morgan fingerprint density at radius 1 is 0.197 bits per heavy atom. The highest BCUT2D eigenvalue weighted by Crippen LogP contribution is 2.35. The predicted molar refractivity (Wildman–Crippen MR) is 275 cm³/mol. The van der Waals surface area contributed by atoms with Gasteiger partial charge < -0.3 is 0 Å². The smallest absolute Gasteiger partial charge is 0.0972 e. The van der Waals surface area contributed by atoms with Gasteiger partial charge in [0.1, 0.15) is 0 Å². The van der Waals surface area contributed by atoms with E-state index in [4.69, 9.17) is 19.9 Å². The van der Waals surface area contributed by atoms with Crippen molar-refractivity contribution in [2.24, 2.45) is 0 Å². The highest BCUT2D eigenvalue weighted by molar-refractivity contribution is 6.07. The topological polar surface area (TPSA) is 51.6 Å². The van der Waals surface area contributed by atoms with Crippen molar-refractivity contribution in [2.75, 3.05) is 0 Å². The summed E-state index contributed by atoms with van der Waals surface area (Å²) < 4.78 is 0. The van der Waals surface area contributed by atoms with Crippen LogP contribution in [0, 0.1) is 0 Å². The third-order valence-electron chi connectivity index (χ3n) is 13.1. The van der Waals surface area contributed by atoms with Gasteiger partial charge in [-0.3, -0.25) is 0 Å². The van der Waals surface area contributed by atoms with Crippen LogP contribution < -0.4 is 0 Å². The SMILES string of the molecule is c1cc(-c2ccc(-c3ccc4ccc5ccc(-c6cccc7ccccc67)nc5c4n3)cc2)cc(-c2ccc(-c3ccc4ccc5ccc(-c6cccc7ccccc67)nc5c4n3)cc2)c1. The number of aromatic nitrogens is 4. The Morgan fingerprint density at radius 2 is 0.515 bits per heavy atom. The highest BCUT2D eigenvalue weighted by atomic mass is 14.8. The van der Waals surface area contributed by atoms with Crippen LogP contribution in [-0.2, 0) is 0 Å². The van der Waals surface area contributed by atoms with Crippen LogP contribution in [0.2, 0.25) is 0 Å². The van der Waals surface area contributed by atoms with Crippen LogP contribution in [0.15, 0.2) is 231 Å². The molecule has 306 valence electrons. The third-order valence-corrected chi connectivity index (χ3v) is 13.1. The Kier molecular flexibility index (Phi) is 8.81. The molecule has 0 radical (unpaired) electrons. The van der Waals surface area contributed by atoms with E-state index < -0.39 is 0 Å². The van der Waals surface area contributed by atoms with E-state index in [1.165, 1.54) is 21.5 Å². The Balaban J connectivity index is 0.781. The van der Waals surface area contributed by atoms with Gasteiger partial charge in [0.2, 0.25) is 0 Å². The number of rotatable bonds is 6. The maximum Gasteiger partial charge on any atom is 0.0972 e. The lowest BCUT2D eigenvalue weighted by Gasteiger charge is -2.11. The summed E-state index contributed by atoms with van der Waals surface area (Å²) in [5.41, 5.74) is 16.3. The van der Waals surface area contributed by atoms with Gasteiger partial charge in [0, 0.05) is 43.8 Å². The molecule has 0 N–H and O–H groups in total. The number of benzene rings is 9. The molecule has 0 aliphatic rings. The molecule has 4 heterocycles. The molecule has 4 aromatic heterocycles. The standard InChI is InChI=1S/C62H38N4/c1-3-14-51-41(8-1)10-6-16-53(51)57-36-32-47-28-26-45-30-34-55(63-59(45)61(47)65-57)43-22-18-39(19-23-43)49-12-5-13-50(38-49)40-20-24-44(25-21-40)56-35-31-46-27-29-48-33-37-58(66-62(48)60(46)64-56)54-17-7-11-42-9-2-4-15-52(42)54/h1-38H. The van der Waals surface area contributed by atoms with E-state index in [1.807, 2.05) is 0 Å². The van der Waals surface area contributed by atoms with Gasteiger partial charge in [0.05, 0.1) is 44.8 Å². The first-order valence-electron chi connectivity index (χ1n) is 22.4. The van der Waals surface area contributed by atoms with Crippen LogP contribution in [0.3, 0.4) is 0 Å². The van der Waals surface area contributed by atoms with Gasteiger partial charge in [-0.05, 0) is 74.1 Å². The summed E-state index contributed by atoms with van der Waals surface area (Å²) in [5, 5.41) is 9.08. The van der Waals surface area contributed by atoms with Gasteiger partial charge in [-0.25, -0.2) is 19.9 Å². The molecule has 9 aromatic carbocycles. The normalized spacial score (nSPS) is 11.6. The molecule has 0 bridgehead atoms. The molecule has 0 atom stereocenters.